The number of likely N-dealkylation sites (tertiary alicyclic amines) is 1. The van der Waals surface area contributed by atoms with Gasteiger partial charge in [0.2, 0.25) is 15.9 Å². The van der Waals surface area contributed by atoms with Crippen LogP contribution >= 0.6 is 0 Å². The lowest BCUT2D eigenvalue weighted by atomic mass is 10.2. The smallest absolute Gasteiger partial charge is 0.410 e. The highest BCUT2D eigenvalue weighted by Crippen LogP contribution is 2.24. The van der Waals surface area contributed by atoms with E-state index in [0.717, 1.165) is 6.54 Å². The monoisotopic (exact) mass is 466 g/mol. The van der Waals surface area contributed by atoms with Crippen LogP contribution in [0.4, 0.5) is 10.5 Å². The number of sulfonamides is 1. The van der Waals surface area contributed by atoms with Crippen molar-refractivity contribution in [2.75, 3.05) is 44.6 Å². The molecule has 3 rings (SSSR count). The summed E-state index contributed by atoms with van der Waals surface area (Å²) >= 11 is 0. The Kier molecular flexibility index (Phi) is 7.46. The zero-order chi connectivity index (χ0) is 23.5. The Morgan fingerprint density at radius 2 is 1.81 bits per heavy atom. The number of carbonyl (C=O) groups excluding carboxylic acids is 2. The van der Waals surface area contributed by atoms with Crippen molar-refractivity contribution < 1.29 is 22.7 Å². The van der Waals surface area contributed by atoms with E-state index in [9.17, 15) is 18.0 Å². The molecule has 1 unspecified atom stereocenters. The lowest BCUT2D eigenvalue weighted by Crippen LogP contribution is -2.48. The van der Waals surface area contributed by atoms with Crippen molar-refractivity contribution in [2.45, 2.75) is 57.1 Å². The minimum Gasteiger partial charge on any atom is -0.444 e. The molecule has 0 radical (unpaired) electrons. The number of rotatable bonds is 5. The average Bonchev–Trinajstić information content (AvgIpc) is 3.23. The molecule has 2 heterocycles. The van der Waals surface area contributed by atoms with Crippen LogP contribution in [0, 0.1) is 0 Å². The van der Waals surface area contributed by atoms with E-state index in [-0.39, 0.29) is 10.8 Å². The zero-order valence-corrected chi connectivity index (χ0v) is 20.2. The fraction of sp³-hybridized carbons (Fsp3) is 0.636. The molecule has 2 fully saturated rings. The van der Waals surface area contributed by atoms with Gasteiger partial charge in [0, 0.05) is 38.4 Å². The van der Waals surface area contributed by atoms with Gasteiger partial charge in [-0.15, -0.1) is 0 Å². The first kappa shape index (κ1) is 24.5. The summed E-state index contributed by atoms with van der Waals surface area (Å²) in [6, 6.07) is 5.64. The topological polar surface area (TPSA) is 99.3 Å². The summed E-state index contributed by atoms with van der Waals surface area (Å²) in [5, 5.41) is 2.78. The Morgan fingerprint density at radius 3 is 2.44 bits per heavy atom. The van der Waals surface area contributed by atoms with Crippen LogP contribution in [-0.2, 0) is 19.6 Å². The van der Waals surface area contributed by atoms with E-state index in [1.54, 1.807) is 39.0 Å². The molecule has 0 aliphatic carbocycles. The first-order chi connectivity index (χ1) is 15.0. The summed E-state index contributed by atoms with van der Waals surface area (Å²) in [6.07, 6.45) is 0.720. The highest BCUT2D eigenvalue weighted by molar-refractivity contribution is 7.89. The molecule has 2 aliphatic rings. The fourth-order valence-electron chi connectivity index (χ4n) is 3.97. The van der Waals surface area contributed by atoms with Crippen LogP contribution in [-0.4, -0.2) is 85.4 Å². The molecular weight excluding hydrogens is 432 g/mol. The maximum absolute atomic E-state index is 13.1. The largest absolute Gasteiger partial charge is 0.444 e. The van der Waals surface area contributed by atoms with Crippen LogP contribution in [0.2, 0.25) is 0 Å². The maximum atomic E-state index is 13.1. The van der Waals surface area contributed by atoms with Gasteiger partial charge in [0.15, 0.2) is 0 Å². The molecule has 32 heavy (non-hydrogen) atoms. The molecule has 178 valence electrons. The van der Waals surface area contributed by atoms with Gasteiger partial charge in [-0.3, -0.25) is 9.69 Å². The number of nitrogens with zero attached hydrogens (tertiary/aromatic N) is 3. The van der Waals surface area contributed by atoms with Gasteiger partial charge in [0.1, 0.15) is 11.6 Å². The van der Waals surface area contributed by atoms with Gasteiger partial charge in [0.25, 0.3) is 0 Å². The molecule has 2 saturated heterocycles. The maximum Gasteiger partial charge on any atom is 0.410 e. The van der Waals surface area contributed by atoms with Crippen LogP contribution in [0.1, 0.15) is 40.5 Å². The number of anilines is 1. The molecule has 1 atom stereocenters. The van der Waals surface area contributed by atoms with Crippen LogP contribution < -0.4 is 5.32 Å². The zero-order valence-electron chi connectivity index (χ0n) is 19.3. The van der Waals surface area contributed by atoms with Gasteiger partial charge in [-0.1, -0.05) is 13.0 Å². The minimum atomic E-state index is -3.64. The van der Waals surface area contributed by atoms with Crippen molar-refractivity contribution in [3.05, 3.63) is 24.3 Å². The highest BCUT2D eigenvalue weighted by atomic mass is 32.2. The Balaban J connectivity index is 1.69. The Labute approximate surface area is 190 Å². The molecule has 1 aromatic rings. The van der Waals surface area contributed by atoms with Crippen LogP contribution in [0.5, 0.6) is 0 Å². The van der Waals surface area contributed by atoms with E-state index in [0.29, 0.717) is 51.3 Å². The molecule has 0 saturated carbocycles. The molecular formula is C22H34N4O5S. The molecule has 10 heteroatoms. The summed E-state index contributed by atoms with van der Waals surface area (Å²) < 4.78 is 33.1. The quantitative estimate of drug-likeness (QED) is 0.715. The van der Waals surface area contributed by atoms with Crippen molar-refractivity contribution in [2.24, 2.45) is 0 Å². The second-order valence-electron chi connectivity index (χ2n) is 9.19. The Morgan fingerprint density at radius 1 is 1.12 bits per heavy atom. The lowest BCUT2D eigenvalue weighted by Gasteiger charge is -2.33. The molecule has 2 aliphatic heterocycles. The van der Waals surface area contributed by atoms with Gasteiger partial charge in [-0.2, -0.15) is 4.31 Å². The number of amides is 2. The second kappa shape index (κ2) is 9.76. The Bertz CT molecular complexity index is 936. The predicted octanol–water partition coefficient (Wildman–Crippen LogP) is 2.35. The summed E-state index contributed by atoms with van der Waals surface area (Å²) in [7, 11) is -3.64. The van der Waals surface area contributed by atoms with Gasteiger partial charge < -0.3 is 15.0 Å². The molecule has 0 bridgehead atoms. The highest BCUT2D eigenvalue weighted by Gasteiger charge is 2.37. The van der Waals surface area contributed by atoms with Crippen LogP contribution in [0.25, 0.3) is 0 Å². The average molecular weight is 467 g/mol. The van der Waals surface area contributed by atoms with Crippen LogP contribution in [0.3, 0.4) is 0 Å². The van der Waals surface area contributed by atoms with Crippen molar-refractivity contribution in [1.82, 2.24) is 14.1 Å². The van der Waals surface area contributed by atoms with Crippen molar-refractivity contribution in [1.29, 1.82) is 0 Å². The third-order valence-corrected chi connectivity index (χ3v) is 7.60. The second-order valence-corrected chi connectivity index (χ2v) is 11.1. The molecule has 1 N–H and O–H groups in total. The standard InChI is InChI=1S/C22H34N4O5S/c1-5-24-12-14-25(15-13-24)32(29,30)18-9-6-8-17(16-18)23-20(27)19-10-7-11-26(19)21(28)31-22(2,3)4/h6,8-9,16,19H,5,7,10-15H2,1-4H3,(H,23,27). The lowest BCUT2D eigenvalue weighted by molar-refractivity contribution is -0.120. The van der Waals surface area contributed by atoms with E-state index in [1.165, 1.54) is 15.3 Å². The normalized spacial score (nSPS) is 20.9. The SMILES string of the molecule is CCN1CCN(S(=O)(=O)c2cccc(NC(=O)C3CCCN3C(=O)OC(C)(C)C)c2)CC1. The van der Waals surface area contributed by atoms with E-state index in [4.69, 9.17) is 4.74 Å². The van der Waals surface area contributed by atoms with E-state index in [1.807, 2.05) is 0 Å². The van der Waals surface area contributed by atoms with Crippen molar-refractivity contribution in [3.63, 3.8) is 0 Å². The summed E-state index contributed by atoms with van der Waals surface area (Å²) in [5.74, 6) is -0.348. The minimum absolute atomic E-state index is 0.149. The van der Waals surface area contributed by atoms with Gasteiger partial charge >= 0.3 is 6.09 Å². The van der Waals surface area contributed by atoms with Gasteiger partial charge in [0.05, 0.1) is 4.90 Å². The summed E-state index contributed by atoms with van der Waals surface area (Å²) in [5.41, 5.74) is -0.259. The number of hydrogen-bond donors (Lipinski definition) is 1. The predicted molar refractivity (Wildman–Crippen MR) is 122 cm³/mol. The summed E-state index contributed by atoms with van der Waals surface area (Å²) in [4.78, 5) is 29.2. The molecule has 0 aromatic heterocycles. The van der Waals surface area contributed by atoms with E-state index in [2.05, 4.69) is 17.1 Å². The third-order valence-electron chi connectivity index (χ3n) is 5.70. The number of benzene rings is 1. The summed E-state index contributed by atoms with van der Waals surface area (Å²) in [6.45, 7) is 11.0. The first-order valence-electron chi connectivity index (χ1n) is 11.1. The first-order valence-corrected chi connectivity index (χ1v) is 12.6. The number of likely N-dealkylation sites (N-methyl/N-ethyl adjacent to an activating group) is 1. The molecule has 9 nitrogen and oxygen atoms in total. The molecule has 2 amide bonds. The van der Waals surface area contributed by atoms with Crippen molar-refractivity contribution in [3.8, 4) is 0 Å². The number of piperazine rings is 1. The Hall–Kier alpha value is -2.17. The molecule has 0 spiro atoms. The number of nitrogens with one attached hydrogen (secondary N) is 1. The number of ether oxygens (including phenoxy) is 1. The van der Waals surface area contributed by atoms with Gasteiger partial charge in [-0.05, 0) is 58.4 Å². The third kappa shape index (κ3) is 5.79. The van der Waals surface area contributed by atoms with Crippen LogP contribution in [0.15, 0.2) is 29.2 Å². The number of carbonyl (C=O) groups is 2. The number of hydrogen-bond acceptors (Lipinski definition) is 6. The van der Waals surface area contributed by atoms with E-state index < -0.39 is 27.8 Å². The molecule has 1 aromatic carbocycles. The van der Waals surface area contributed by atoms with Crippen molar-refractivity contribution >= 4 is 27.7 Å². The van der Waals surface area contributed by atoms with Gasteiger partial charge in [-0.25, -0.2) is 13.2 Å². The fourth-order valence-corrected chi connectivity index (χ4v) is 5.44. The van der Waals surface area contributed by atoms with E-state index >= 15 is 0 Å².